The third-order valence-electron chi connectivity index (χ3n) is 2.91. The molecule has 0 saturated carbocycles. The van der Waals surface area contributed by atoms with Crippen LogP contribution in [0.4, 0.5) is 11.4 Å². The molecule has 0 atom stereocenters. The highest BCUT2D eigenvalue weighted by Gasteiger charge is 2.10. The van der Waals surface area contributed by atoms with Gasteiger partial charge in [-0.05, 0) is 30.3 Å². The molecule has 0 spiro atoms. The standard InChI is InChI=1S/C16H16ClN3O2/c17-13-7-6-12(19-15(21)8-9-18)10-14(13)20-16(22)11-4-2-1-3-5-11/h1-7,10H,8-9,18H2,(H,19,21)(H,20,22). The highest BCUT2D eigenvalue weighted by Crippen LogP contribution is 2.26. The Balaban J connectivity index is 2.13. The zero-order valence-corrected chi connectivity index (χ0v) is 12.6. The fourth-order valence-electron chi connectivity index (χ4n) is 1.84. The maximum atomic E-state index is 12.1. The normalized spacial score (nSPS) is 10.1. The van der Waals surface area contributed by atoms with Crippen molar-refractivity contribution in [3.05, 3.63) is 59.1 Å². The molecule has 0 saturated heterocycles. The molecule has 114 valence electrons. The first kappa shape index (κ1) is 16.0. The molecule has 0 unspecified atom stereocenters. The third kappa shape index (κ3) is 4.31. The summed E-state index contributed by atoms with van der Waals surface area (Å²) in [5, 5.41) is 5.81. The van der Waals surface area contributed by atoms with Crippen LogP contribution in [0, 0.1) is 0 Å². The van der Waals surface area contributed by atoms with Crippen LogP contribution in [-0.2, 0) is 4.79 Å². The van der Waals surface area contributed by atoms with Crippen LogP contribution >= 0.6 is 11.6 Å². The Labute approximate surface area is 133 Å². The minimum Gasteiger partial charge on any atom is -0.330 e. The number of nitrogens with one attached hydrogen (secondary N) is 2. The van der Waals surface area contributed by atoms with E-state index in [0.717, 1.165) is 0 Å². The number of hydrogen-bond acceptors (Lipinski definition) is 3. The molecule has 0 aliphatic carbocycles. The van der Waals surface area contributed by atoms with Crippen molar-refractivity contribution >= 4 is 34.8 Å². The summed E-state index contributed by atoms with van der Waals surface area (Å²) in [5.74, 6) is -0.460. The predicted molar refractivity (Wildman–Crippen MR) is 88.1 cm³/mol. The van der Waals surface area contributed by atoms with Crippen LogP contribution in [0.5, 0.6) is 0 Å². The van der Waals surface area contributed by atoms with Crippen LogP contribution in [0.1, 0.15) is 16.8 Å². The van der Waals surface area contributed by atoms with Gasteiger partial charge in [-0.3, -0.25) is 9.59 Å². The lowest BCUT2D eigenvalue weighted by Crippen LogP contribution is -2.16. The lowest BCUT2D eigenvalue weighted by Gasteiger charge is -2.10. The van der Waals surface area contributed by atoms with Gasteiger partial charge in [-0.2, -0.15) is 0 Å². The summed E-state index contributed by atoms with van der Waals surface area (Å²) in [6.07, 6.45) is 0.230. The van der Waals surface area contributed by atoms with Crippen molar-refractivity contribution in [1.82, 2.24) is 0 Å². The summed E-state index contributed by atoms with van der Waals surface area (Å²) in [6, 6.07) is 13.7. The van der Waals surface area contributed by atoms with Gasteiger partial charge < -0.3 is 16.4 Å². The first-order valence-corrected chi connectivity index (χ1v) is 7.14. The van der Waals surface area contributed by atoms with Gasteiger partial charge in [-0.1, -0.05) is 29.8 Å². The van der Waals surface area contributed by atoms with Gasteiger partial charge in [-0.15, -0.1) is 0 Å². The third-order valence-corrected chi connectivity index (χ3v) is 3.24. The van der Waals surface area contributed by atoms with E-state index in [1.807, 2.05) is 6.07 Å². The van der Waals surface area contributed by atoms with Crippen molar-refractivity contribution < 1.29 is 9.59 Å². The number of carbonyl (C=O) groups is 2. The molecular weight excluding hydrogens is 302 g/mol. The van der Waals surface area contributed by atoms with E-state index >= 15 is 0 Å². The number of carbonyl (C=O) groups excluding carboxylic acids is 2. The topological polar surface area (TPSA) is 84.2 Å². The van der Waals surface area contributed by atoms with Crippen molar-refractivity contribution in [1.29, 1.82) is 0 Å². The van der Waals surface area contributed by atoms with E-state index in [1.165, 1.54) is 0 Å². The van der Waals surface area contributed by atoms with E-state index in [-0.39, 0.29) is 24.8 Å². The number of benzene rings is 2. The maximum absolute atomic E-state index is 12.1. The zero-order valence-electron chi connectivity index (χ0n) is 11.8. The largest absolute Gasteiger partial charge is 0.330 e. The monoisotopic (exact) mass is 317 g/mol. The Morgan fingerprint density at radius 1 is 1.05 bits per heavy atom. The van der Waals surface area contributed by atoms with Crippen LogP contribution in [0.25, 0.3) is 0 Å². The second-order valence-corrected chi connectivity index (χ2v) is 5.01. The Kier molecular flexibility index (Phi) is 5.52. The maximum Gasteiger partial charge on any atom is 0.255 e. The summed E-state index contributed by atoms with van der Waals surface area (Å²) < 4.78 is 0. The van der Waals surface area contributed by atoms with E-state index in [2.05, 4.69) is 10.6 Å². The minimum absolute atomic E-state index is 0.190. The van der Waals surface area contributed by atoms with E-state index in [9.17, 15) is 9.59 Å². The number of anilines is 2. The molecule has 2 aromatic carbocycles. The lowest BCUT2D eigenvalue weighted by molar-refractivity contribution is -0.116. The number of amides is 2. The molecule has 2 aromatic rings. The molecule has 0 radical (unpaired) electrons. The van der Waals surface area contributed by atoms with Gasteiger partial charge in [0.2, 0.25) is 5.91 Å². The van der Waals surface area contributed by atoms with Gasteiger partial charge in [0.25, 0.3) is 5.91 Å². The van der Waals surface area contributed by atoms with Crippen LogP contribution in [0.15, 0.2) is 48.5 Å². The quantitative estimate of drug-likeness (QED) is 0.792. The fourth-order valence-corrected chi connectivity index (χ4v) is 2.00. The molecule has 2 rings (SSSR count). The first-order valence-electron chi connectivity index (χ1n) is 6.76. The minimum atomic E-state index is -0.270. The van der Waals surface area contributed by atoms with Crippen molar-refractivity contribution in [2.75, 3.05) is 17.2 Å². The average Bonchev–Trinajstić information content (AvgIpc) is 2.51. The van der Waals surface area contributed by atoms with Gasteiger partial charge in [0.1, 0.15) is 0 Å². The Morgan fingerprint density at radius 3 is 2.45 bits per heavy atom. The Morgan fingerprint density at radius 2 is 1.77 bits per heavy atom. The molecule has 0 heterocycles. The Hall–Kier alpha value is -2.37. The van der Waals surface area contributed by atoms with Crippen LogP contribution < -0.4 is 16.4 Å². The molecule has 0 fully saturated rings. The summed E-state index contributed by atoms with van der Waals surface area (Å²) in [5.41, 5.74) is 6.83. The SMILES string of the molecule is NCCC(=O)Nc1ccc(Cl)c(NC(=O)c2ccccc2)c1. The van der Waals surface area contributed by atoms with E-state index in [4.69, 9.17) is 17.3 Å². The smallest absolute Gasteiger partial charge is 0.255 e. The average molecular weight is 318 g/mol. The number of hydrogen-bond donors (Lipinski definition) is 3. The molecule has 0 aromatic heterocycles. The number of halogens is 1. The molecule has 2 amide bonds. The van der Waals surface area contributed by atoms with Crippen LogP contribution in [-0.4, -0.2) is 18.4 Å². The van der Waals surface area contributed by atoms with Gasteiger partial charge in [0.05, 0.1) is 10.7 Å². The van der Waals surface area contributed by atoms with Crippen molar-refractivity contribution in [3.8, 4) is 0 Å². The van der Waals surface area contributed by atoms with E-state index in [0.29, 0.717) is 22.0 Å². The highest BCUT2D eigenvalue weighted by molar-refractivity contribution is 6.34. The van der Waals surface area contributed by atoms with Gasteiger partial charge in [0.15, 0.2) is 0 Å². The second kappa shape index (κ2) is 7.59. The van der Waals surface area contributed by atoms with Crippen molar-refractivity contribution in [2.24, 2.45) is 5.73 Å². The molecule has 5 nitrogen and oxygen atoms in total. The molecule has 0 aliphatic rings. The first-order chi connectivity index (χ1) is 10.6. The van der Waals surface area contributed by atoms with Crippen LogP contribution in [0.2, 0.25) is 5.02 Å². The summed E-state index contributed by atoms with van der Waals surface area (Å²) in [7, 11) is 0. The predicted octanol–water partition coefficient (Wildman–Crippen LogP) is 2.88. The van der Waals surface area contributed by atoms with Crippen LogP contribution in [0.3, 0.4) is 0 Å². The van der Waals surface area contributed by atoms with Gasteiger partial charge >= 0.3 is 0 Å². The second-order valence-electron chi connectivity index (χ2n) is 4.60. The molecule has 0 aliphatic heterocycles. The molecule has 22 heavy (non-hydrogen) atoms. The van der Waals surface area contributed by atoms with Gasteiger partial charge in [-0.25, -0.2) is 0 Å². The molecule has 6 heteroatoms. The van der Waals surface area contributed by atoms with Crippen molar-refractivity contribution in [3.63, 3.8) is 0 Å². The summed E-state index contributed by atoms with van der Waals surface area (Å²) >= 11 is 6.08. The van der Waals surface area contributed by atoms with E-state index in [1.54, 1.807) is 42.5 Å². The molecule has 4 N–H and O–H groups in total. The molecule has 0 bridgehead atoms. The summed E-state index contributed by atoms with van der Waals surface area (Å²) in [6.45, 7) is 0.275. The van der Waals surface area contributed by atoms with Crippen molar-refractivity contribution in [2.45, 2.75) is 6.42 Å². The Bertz CT molecular complexity index is 674. The molecular formula is C16H16ClN3O2. The zero-order chi connectivity index (χ0) is 15.9. The highest BCUT2D eigenvalue weighted by atomic mass is 35.5. The van der Waals surface area contributed by atoms with E-state index < -0.39 is 0 Å². The fraction of sp³-hybridized carbons (Fsp3) is 0.125. The van der Waals surface area contributed by atoms with Gasteiger partial charge in [0, 0.05) is 24.2 Å². The summed E-state index contributed by atoms with van der Waals surface area (Å²) in [4.78, 5) is 23.7. The number of nitrogens with two attached hydrogens (primary N) is 1. The number of rotatable bonds is 5. The lowest BCUT2D eigenvalue weighted by atomic mass is 10.2.